The molecule has 0 aliphatic carbocycles. The number of carbonyl (C=O) groups is 4. The second-order valence-electron chi connectivity index (χ2n) is 6.25. The van der Waals surface area contributed by atoms with E-state index in [0.717, 1.165) is 0 Å². The van der Waals surface area contributed by atoms with Crippen LogP contribution in [0.1, 0.15) is 41.0 Å². The van der Waals surface area contributed by atoms with Crippen molar-refractivity contribution in [2.24, 2.45) is 0 Å². The third kappa shape index (κ3) is 7.99. The maximum Gasteiger partial charge on any atom is 0.303 e. The highest BCUT2D eigenvalue weighted by molar-refractivity contribution is 14.1. The quantitative estimate of drug-likeness (QED) is 0.221. The monoisotopic (exact) mass is 500 g/mol. The van der Waals surface area contributed by atoms with Crippen molar-refractivity contribution in [3.8, 4) is 0 Å². The third-order valence-electron chi connectivity index (χ3n) is 3.64. The Bertz CT molecular complexity index is 563. The molecule has 0 spiro atoms. The Morgan fingerprint density at radius 1 is 0.815 bits per heavy atom. The summed E-state index contributed by atoms with van der Waals surface area (Å²) in [6, 6.07) is 0. The molecule has 0 radical (unpaired) electrons. The van der Waals surface area contributed by atoms with E-state index in [9.17, 15) is 19.2 Å². The molecule has 27 heavy (non-hydrogen) atoms. The molecule has 0 unspecified atom stereocenters. The predicted molar refractivity (Wildman–Crippen MR) is 100 cm³/mol. The molecule has 0 amide bonds. The number of alkyl halides is 1. The molecule has 1 fully saturated rings. The van der Waals surface area contributed by atoms with Gasteiger partial charge in [-0.15, -0.1) is 0 Å². The van der Waals surface area contributed by atoms with E-state index in [2.05, 4.69) is 22.6 Å². The summed E-state index contributed by atoms with van der Waals surface area (Å²) in [5, 5.41) is 0. The maximum atomic E-state index is 11.6. The highest BCUT2D eigenvalue weighted by atomic mass is 127. The van der Waals surface area contributed by atoms with Crippen LogP contribution in [0.2, 0.25) is 0 Å². The molecule has 1 rings (SSSR count). The van der Waals surface area contributed by atoms with E-state index < -0.39 is 54.4 Å². The Labute approximate surface area is 171 Å². The van der Waals surface area contributed by atoms with Gasteiger partial charge in [-0.2, -0.15) is 0 Å². The van der Waals surface area contributed by atoms with Gasteiger partial charge in [0.2, 0.25) is 0 Å². The molecule has 6 atom stereocenters. The van der Waals surface area contributed by atoms with Crippen LogP contribution in [0.15, 0.2) is 0 Å². The summed E-state index contributed by atoms with van der Waals surface area (Å²) in [4.78, 5) is 46.0. The standard InChI is InChI=1S/C17H25IO9/c1-8(18)6-13-15(24-10(3)20)17(26-12(5)22)16(25-11(4)21)14(27-13)7-23-9(2)19/h8,13-17H,6-7H2,1-5H3/t8-,13-,14+,15-,16-,17+/m0/s1. The normalized spacial score (nSPS) is 28.6. The van der Waals surface area contributed by atoms with E-state index in [0.29, 0.717) is 6.42 Å². The van der Waals surface area contributed by atoms with Crippen molar-refractivity contribution in [1.29, 1.82) is 0 Å². The van der Waals surface area contributed by atoms with Crippen LogP contribution in [-0.2, 0) is 42.9 Å². The van der Waals surface area contributed by atoms with Gasteiger partial charge in [0.25, 0.3) is 0 Å². The van der Waals surface area contributed by atoms with Gasteiger partial charge in [-0.25, -0.2) is 0 Å². The van der Waals surface area contributed by atoms with E-state index in [4.69, 9.17) is 23.7 Å². The highest BCUT2D eigenvalue weighted by Crippen LogP contribution is 2.32. The van der Waals surface area contributed by atoms with Crippen LogP contribution in [0.25, 0.3) is 0 Å². The van der Waals surface area contributed by atoms with Crippen LogP contribution in [-0.4, -0.2) is 64.9 Å². The average Bonchev–Trinajstić information content (AvgIpc) is 2.49. The predicted octanol–water partition coefficient (Wildman–Crippen LogP) is 1.33. The van der Waals surface area contributed by atoms with Gasteiger partial charge in [-0.3, -0.25) is 19.2 Å². The fourth-order valence-electron chi connectivity index (χ4n) is 2.83. The fraction of sp³-hybridized carbons (Fsp3) is 0.765. The van der Waals surface area contributed by atoms with Crippen LogP contribution < -0.4 is 0 Å². The molecule has 0 aromatic heterocycles. The first kappa shape index (κ1) is 23.6. The van der Waals surface area contributed by atoms with Crippen molar-refractivity contribution in [2.75, 3.05) is 6.61 Å². The molecule has 1 aliphatic heterocycles. The van der Waals surface area contributed by atoms with Gasteiger partial charge in [0, 0.05) is 31.6 Å². The fourth-order valence-corrected chi connectivity index (χ4v) is 3.33. The smallest absolute Gasteiger partial charge is 0.303 e. The van der Waals surface area contributed by atoms with Crippen LogP contribution in [0.3, 0.4) is 0 Å². The Balaban J connectivity index is 3.27. The lowest BCUT2D eigenvalue weighted by Crippen LogP contribution is -2.62. The van der Waals surface area contributed by atoms with E-state index in [1.54, 1.807) is 0 Å². The van der Waals surface area contributed by atoms with Crippen molar-refractivity contribution < 1.29 is 42.9 Å². The first-order valence-electron chi connectivity index (χ1n) is 8.45. The molecule has 0 saturated carbocycles. The summed E-state index contributed by atoms with van der Waals surface area (Å²) < 4.78 is 27.1. The highest BCUT2D eigenvalue weighted by Gasteiger charge is 2.52. The topological polar surface area (TPSA) is 114 Å². The summed E-state index contributed by atoms with van der Waals surface area (Å²) in [5.41, 5.74) is 0. The van der Waals surface area contributed by atoms with Gasteiger partial charge in [0.1, 0.15) is 18.8 Å². The van der Waals surface area contributed by atoms with Crippen molar-refractivity contribution in [3.63, 3.8) is 0 Å². The zero-order valence-corrected chi connectivity index (χ0v) is 18.1. The van der Waals surface area contributed by atoms with Crippen LogP contribution in [0.4, 0.5) is 0 Å². The minimum atomic E-state index is -1.10. The SMILES string of the molecule is CC(=O)OC[C@H]1O[C@@H](C[C@H](C)I)[C@H](OC(C)=O)[C@@H](OC(C)=O)[C@H]1OC(C)=O. The first-order chi connectivity index (χ1) is 12.5. The largest absolute Gasteiger partial charge is 0.463 e. The van der Waals surface area contributed by atoms with Gasteiger partial charge in [-0.05, 0) is 6.42 Å². The van der Waals surface area contributed by atoms with Crippen molar-refractivity contribution in [1.82, 2.24) is 0 Å². The van der Waals surface area contributed by atoms with E-state index >= 15 is 0 Å². The molecular formula is C17H25IO9. The first-order valence-corrected chi connectivity index (χ1v) is 9.70. The van der Waals surface area contributed by atoms with E-state index in [1.807, 2.05) is 6.92 Å². The molecule has 10 heteroatoms. The van der Waals surface area contributed by atoms with Gasteiger partial charge in [0.05, 0.1) is 0 Å². The Kier molecular flexibility index (Phi) is 9.43. The van der Waals surface area contributed by atoms with Crippen molar-refractivity contribution in [2.45, 2.75) is 75.5 Å². The molecule has 9 nitrogen and oxygen atoms in total. The second kappa shape index (κ2) is 10.8. The number of carbonyl (C=O) groups excluding carboxylic acids is 4. The molecule has 0 bridgehead atoms. The summed E-state index contributed by atoms with van der Waals surface area (Å²) in [6.45, 7) is 6.58. The zero-order valence-electron chi connectivity index (χ0n) is 15.9. The average molecular weight is 500 g/mol. The van der Waals surface area contributed by atoms with Gasteiger partial charge < -0.3 is 23.7 Å². The van der Waals surface area contributed by atoms with Gasteiger partial charge in [-0.1, -0.05) is 29.5 Å². The van der Waals surface area contributed by atoms with Crippen LogP contribution >= 0.6 is 22.6 Å². The molecule has 0 N–H and O–H groups in total. The lowest BCUT2D eigenvalue weighted by molar-refractivity contribution is -0.253. The van der Waals surface area contributed by atoms with E-state index in [1.165, 1.54) is 27.7 Å². The molecule has 0 aromatic carbocycles. The molecule has 0 aromatic rings. The lowest BCUT2D eigenvalue weighted by atomic mass is 9.92. The molecule has 1 aliphatic rings. The number of hydrogen-bond acceptors (Lipinski definition) is 9. The number of hydrogen-bond donors (Lipinski definition) is 0. The molecule has 1 saturated heterocycles. The summed E-state index contributed by atoms with van der Waals surface area (Å²) in [5.74, 6) is -2.41. The summed E-state index contributed by atoms with van der Waals surface area (Å²) in [7, 11) is 0. The molecule has 1 heterocycles. The number of esters is 4. The Hall–Kier alpha value is -1.43. The molecular weight excluding hydrogens is 475 g/mol. The summed E-state index contributed by atoms with van der Waals surface area (Å²) in [6.07, 6.45) is -4.21. The minimum absolute atomic E-state index is 0.142. The second-order valence-corrected chi connectivity index (χ2v) is 8.38. The van der Waals surface area contributed by atoms with Gasteiger partial charge >= 0.3 is 23.9 Å². The van der Waals surface area contributed by atoms with E-state index in [-0.39, 0.29) is 10.5 Å². The maximum absolute atomic E-state index is 11.6. The zero-order chi connectivity index (χ0) is 20.7. The Morgan fingerprint density at radius 2 is 1.26 bits per heavy atom. The van der Waals surface area contributed by atoms with Crippen molar-refractivity contribution >= 4 is 46.5 Å². The number of ether oxygens (including phenoxy) is 5. The Morgan fingerprint density at radius 3 is 1.67 bits per heavy atom. The number of halogens is 1. The summed E-state index contributed by atoms with van der Waals surface area (Å²) >= 11 is 2.19. The van der Waals surface area contributed by atoms with Crippen LogP contribution in [0, 0.1) is 0 Å². The third-order valence-corrected chi connectivity index (χ3v) is 4.15. The van der Waals surface area contributed by atoms with Crippen molar-refractivity contribution in [3.05, 3.63) is 0 Å². The number of rotatable bonds is 7. The van der Waals surface area contributed by atoms with Gasteiger partial charge in [0.15, 0.2) is 18.3 Å². The lowest BCUT2D eigenvalue weighted by Gasteiger charge is -2.44. The molecule has 154 valence electrons. The van der Waals surface area contributed by atoms with Crippen LogP contribution in [0.5, 0.6) is 0 Å². The minimum Gasteiger partial charge on any atom is -0.463 e.